The smallest absolute Gasteiger partial charge is 0.422 e. The van der Waals surface area contributed by atoms with E-state index in [0.29, 0.717) is 24.8 Å². The monoisotopic (exact) mass is 396 g/mol. The predicted octanol–water partition coefficient (Wildman–Crippen LogP) is 2.62. The van der Waals surface area contributed by atoms with Crippen LogP contribution < -0.4 is 24.8 Å². The molecule has 1 aliphatic rings. The Morgan fingerprint density at radius 2 is 1.82 bits per heavy atom. The Morgan fingerprint density at radius 1 is 1.11 bits per heavy atom. The quantitative estimate of drug-likeness (QED) is 0.578. The van der Waals surface area contributed by atoms with Crippen molar-refractivity contribution in [2.45, 2.75) is 19.3 Å². The van der Waals surface area contributed by atoms with E-state index in [-0.39, 0.29) is 12.7 Å². The van der Waals surface area contributed by atoms with Crippen molar-refractivity contribution in [1.29, 1.82) is 0 Å². The van der Waals surface area contributed by atoms with Crippen LogP contribution in [0.25, 0.3) is 0 Å². The molecule has 1 aliphatic heterocycles. The number of nitrogens with zero attached hydrogens (tertiary/aromatic N) is 2. The molecule has 3 rings (SSSR count). The van der Waals surface area contributed by atoms with Gasteiger partial charge in [-0.25, -0.2) is 4.98 Å². The van der Waals surface area contributed by atoms with Crippen LogP contribution in [0.2, 0.25) is 0 Å². The predicted molar refractivity (Wildman–Crippen MR) is 95.4 cm³/mol. The van der Waals surface area contributed by atoms with Crippen LogP contribution in [0.1, 0.15) is 11.1 Å². The highest BCUT2D eigenvalue weighted by Crippen LogP contribution is 2.32. The van der Waals surface area contributed by atoms with Crippen molar-refractivity contribution in [2.24, 2.45) is 4.99 Å². The third-order valence-electron chi connectivity index (χ3n) is 3.76. The molecule has 2 N–H and O–H groups in total. The number of fused-ring (bicyclic) bond motifs is 1. The summed E-state index contributed by atoms with van der Waals surface area (Å²) in [6.45, 7) is -0.219. The average Bonchev–Trinajstić information content (AvgIpc) is 3.14. The van der Waals surface area contributed by atoms with Crippen molar-refractivity contribution >= 4 is 5.96 Å². The van der Waals surface area contributed by atoms with Gasteiger partial charge in [-0.1, -0.05) is 12.1 Å². The van der Waals surface area contributed by atoms with E-state index in [2.05, 4.69) is 25.3 Å². The molecule has 0 fully saturated rings. The molecule has 1 aromatic heterocycles. The lowest BCUT2D eigenvalue weighted by atomic mass is 10.2. The third kappa shape index (κ3) is 5.66. The number of hydrogen-bond donors (Lipinski definition) is 2. The maximum absolute atomic E-state index is 12.1. The van der Waals surface area contributed by atoms with E-state index >= 15 is 0 Å². The van der Waals surface area contributed by atoms with Crippen molar-refractivity contribution in [1.82, 2.24) is 15.6 Å². The van der Waals surface area contributed by atoms with Gasteiger partial charge in [0, 0.05) is 32.4 Å². The maximum atomic E-state index is 12.1. The second-order valence-electron chi connectivity index (χ2n) is 5.88. The van der Waals surface area contributed by atoms with Gasteiger partial charge >= 0.3 is 6.18 Å². The Bertz CT molecular complexity index is 826. The minimum Gasteiger partial charge on any atom is -0.468 e. The molecule has 2 heterocycles. The lowest BCUT2D eigenvalue weighted by Gasteiger charge is -2.13. The van der Waals surface area contributed by atoms with Gasteiger partial charge in [0.05, 0.1) is 0 Å². The Kier molecular flexibility index (Phi) is 6.07. The maximum Gasteiger partial charge on any atom is 0.422 e. The van der Waals surface area contributed by atoms with E-state index in [0.717, 1.165) is 16.9 Å². The van der Waals surface area contributed by atoms with Gasteiger partial charge in [0.25, 0.3) is 0 Å². The van der Waals surface area contributed by atoms with Crippen molar-refractivity contribution in [3.05, 3.63) is 47.7 Å². The molecule has 0 aliphatic carbocycles. The van der Waals surface area contributed by atoms with Gasteiger partial charge in [-0.15, -0.1) is 0 Å². The van der Waals surface area contributed by atoms with Crippen LogP contribution in [0.4, 0.5) is 13.2 Å². The number of pyridine rings is 1. The summed E-state index contributed by atoms with van der Waals surface area (Å²) in [6, 6.07) is 8.70. The van der Waals surface area contributed by atoms with E-state index in [1.165, 1.54) is 12.3 Å². The molecule has 1 aromatic carbocycles. The number of aliphatic imine (C=N–C) groups is 1. The standard InChI is InChI=1S/C18H19F3N4O3/c1-22-17(24-7-12-2-4-14-15(6-12)28-11-27-14)25-9-13-3-5-16(23-8-13)26-10-18(19,20)21/h2-6,8H,7,9-11H2,1H3,(H2,22,24,25). The number of hydrogen-bond acceptors (Lipinski definition) is 5. The molecule has 2 aromatic rings. The van der Waals surface area contributed by atoms with Crippen LogP contribution in [0.3, 0.4) is 0 Å². The molecule has 150 valence electrons. The Hall–Kier alpha value is -3.17. The van der Waals surface area contributed by atoms with Gasteiger partial charge in [0.2, 0.25) is 12.7 Å². The normalized spacial score (nSPS) is 13.4. The van der Waals surface area contributed by atoms with Crippen LogP contribution in [-0.4, -0.2) is 37.6 Å². The first-order chi connectivity index (χ1) is 13.4. The first-order valence-electron chi connectivity index (χ1n) is 8.40. The number of rotatable bonds is 6. The number of alkyl halides is 3. The second-order valence-corrected chi connectivity index (χ2v) is 5.88. The van der Waals surface area contributed by atoms with E-state index in [4.69, 9.17) is 9.47 Å². The van der Waals surface area contributed by atoms with Gasteiger partial charge in [-0.05, 0) is 23.3 Å². The summed E-state index contributed by atoms with van der Waals surface area (Å²) >= 11 is 0. The van der Waals surface area contributed by atoms with Crippen molar-refractivity contribution in [3.8, 4) is 17.4 Å². The molecule has 0 unspecified atom stereocenters. The SMILES string of the molecule is CN=C(NCc1ccc(OCC(F)(F)F)nc1)NCc1ccc2c(c1)OCO2. The van der Waals surface area contributed by atoms with Crippen molar-refractivity contribution in [2.75, 3.05) is 20.4 Å². The van der Waals surface area contributed by atoms with E-state index < -0.39 is 12.8 Å². The number of ether oxygens (including phenoxy) is 3. The molecule has 0 spiro atoms. The number of benzene rings is 1. The summed E-state index contributed by atoms with van der Waals surface area (Å²) in [4.78, 5) is 8.00. The fraction of sp³-hybridized carbons (Fsp3) is 0.333. The molecule has 10 heteroatoms. The van der Waals surface area contributed by atoms with Crippen LogP contribution in [-0.2, 0) is 13.1 Å². The molecule has 0 saturated heterocycles. The highest BCUT2D eigenvalue weighted by Gasteiger charge is 2.28. The lowest BCUT2D eigenvalue weighted by Crippen LogP contribution is -2.36. The van der Waals surface area contributed by atoms with Gasteiger partial charge in [0.1, 0.15) is 0 Å². The molecule has 28 heavy (non-hydrogen) atoms. The zero-order valence-electron chi connectivity index (χ0n) is 15.0. The molecule has 0 radical (unpaired) electrons. The number of halogens is 3. The molecule has 0 amide bonds. The third-order valence-corrected chi connectivity index (χ3v) is 3.76. The Morgan fingerprint density at radius 3 is 2.50 bits per heavy atom. The zero-order chi connectivity index (χ0) is 20.0. The number of aromatic nitrogens is 1. The van der Waals surface area contributed by atoms with E-state index in [1.54, 1.807) is 13.1 Å². The number of guanidine groups is 1. The van der Waals surface area contributed by atoms with Crippen molar-refractivity contribution < 1.29 is 27.4 Å². The summed E-state index contributed by atoms with van der Waals surface area (Å²) in [5.74, 6) is 1.92. The van der Waals surface area contributed by atoms with Crippen LogP contribution >= 0.6 is 0 Å². The first-order valence-corrected chi connectivity index (χ1v) is 8.40. The minimum absolute atomic E-state index is 0.0774. The molecular formula is C18H19F3N4O3. The zero-order valence-corrected chi connectivity index (χ0v) is 15.0. The van der Waals surface area contributed by atoms with Crippen LogP contribution in [0.5, 0.6) is 17.4 Å². The molecule has 7 nitrogen and oxygen atoms in total. The van der Waals surface area contributed by atoms with E-state index in [1.807, 2.05) is 18.2 Å². The molecule has 0 saturated carbocycles. The van der Waals surface area contributed by atoms with Gasteiger partial charge in [0.15, 0.2) is 24.1 Å². The highest BCUT2D eigenvalue weighted by molar-refractivity contribution is 5.79. The number of nitrogens with one attached hydrogen (secondary N) is 2. The Labute approximate surface area is 159 Å². The van der Waals surface area contributed by atoms with Crippen molar-refractivity contribution in [3.63, 3.8) is 0 Å². The minimum atomic E-state index is -4.39. The molecule has 0 bridgehead atoms. The molecule has 0 atom stereocenters. The largest absolute Gasteiger partial charge is 0.468 e. The van der Waals surface area contributed by atoms with Crippen LogP contribution in [0, 0.1) is 0 Å². The summed E-state index contributed by atoms with van der Waals surface area (Å²) in [5.41, 5.74) is 1.77. The average molecular weight is 396 g/mol. The topological polar surface area (TPSA) is 77.0 Å². The fourth-order valence-corrected chi connectivity index (χ4v) is 2.40. The summed E-state index contributed by atoms with van der Waals surface area (Å²) in [5, 5.41) is 6.27. The van der Waals surface area contributed by atoms with Gasteiger partial charge < -0.3 is 24.8 Å². The Balaban J connectivity index is 1.46. The first kappa shape index (κ1) is 19.6. The van der Waals surface area contributed by atoms with E-state index in [9.17, 15) is 13.2 Å². The summed E-state index contributed by atoms with van der Waals surface area (Å²) < 4.78 is 51.6. The summed E-state index contributed by atoms with van der Waals surface area (Å²) in [6.07, 6.45) is -2.94. The van der Waals surface area contributed by atoms with Gasteiger partial charge in [-0.2, -0.15) is 13.2 Å². The fourth-order valence-electron chi connectivity index (χ4n) is 2.40. The van der Waals surface area contributed by atoms with Gasteiger partial charge in [-0.3, -0.25) is 4.99 Å². The lowest BCUT2D eigenvalue weighted by molar-refractivity contribution is -0.154. The molecular weight excluding hydrogens is 377 g/mol. The summed E-state index contributed by atoms with van der Waals surface area (Å²) in [7, 11) is 1.64. The second kappa shape index (κ2) is 8.68. The van der Waals surface area contributed by atoms with Crippen LogP contribution in [0.15, 0.2) is 41.5 Å². The highest BCUT2D eigenvalue weighted by atomic mass is 19.4.